The molecule has 0 aliphatic carbocycles. The average molecular weight is 277 g/mol. The van der Waals surface area contributed by atoms with E-state index in [-0.39, 0.29) is 23.7 Å². The highest BCUT2D eigenvalue weighted by atomic mass is 35.5. The zero-order valence-electron chi connectivity index (χ0n) is 9.90. The lowest BCUT2D eigenvalue weighted by Gasteiger charge is -2.09. The second kappa shape index (κ2) is 6.93. The van der Waals surface area contributed by atoms with Gasteiger partial charge >= 0.3 is 5.97 Å². The van der Waals surface area contributed by atoms with E-state index in [4.69, 9.17) is 5.73 Å². The minimum atomic E-state index is -0.767. The van der Waals surface area contributed by atoms with Crippen LogP contribution in [0.15, 0.2) is 18.2 Å². The monoisotopic (exact) mass is 276 g/mol. The van der Waals surface area contributed by atoms with Crippen molar-refractivity contribution in [3.63, 3.8) is 0 Å². The number of methoxy groups -OCH3 is 1. The number of hydrogen-bond donors (Lipinski definition) is 2. The number of benzene rings is 1. The second-order valence-corrected chi connectivity index (χ2v) is 3.46. The fourth-order valence-electron chi connectivity index (χ4n) is 1.11. The first-order chi connectivity index (χ1) is 7.95. The summed E-state index contributed by atoms with van der Waals surface area (Å²) in [4.78, 5) is 22.5. The Morgan fingerprint density at radius 2 is 2.06 bits per heavy atom. The first-order valence-electron chi connectivity index (χ1n) is 4.90. The fourth-order valence-corrected chi connectivity index (χ4v) is 1.11. The Morgan fingerprint density at radius 1 is 1.44 bits per heavy atom. The summed E-state index contributed by atoms with van der Waals surface area (Å²) in [6.07, 6.45) is 0. The summed E-state index contributed by atoms with van der Waals surface area (Å²) in [6, 6.07) is 2.77. The maximum absolute atomic E-state index is 13.4. The third kappa shape index (κ3) is 3.97. The van der Waals surface area contributed by atoms with E-state index in [2.05, 4.69) is 10.1 Å². The number of carbonyl (C=O) groups is 2. The number of ether oxygens (including phenoxy) is 1. The number of carbonyl (C=O) groups excluding carboxylic acids is 2. The van der Waals surface area contributed by atoms with Crippen LogP contribution >= 0.6 is 12.4 Å². The van der Waals surface area contributed by atoms with Crippen molar-refractivity contribution in [3.8, 4) is 0 Å². The van der Waals surface area contributed by atoms with Gasteiger partial charge in [-0.25, -0.2) is 9.18 Å². The predicted octanol–water partition coefficient (Wildman–Crippen LogP) is 1.32. The number of nitrogens with two attached hydrogens (primary N) is 1. The number of esters is 1. The van der Waals surface area contributed by atoms with Gasteiger partial charge in [0.15, 0.2) is 0 Å². The molecule has 18 heavy (non-hydrogen) atoms. The van der Waals surface area contributed by atoms with Crippen molar-refractivity contribution in [1.82, 2.24) is 0 Å². The summed E-state index contributed by atoms with van der Waals surface area (Å²) in [5.41, 5.74) is 5.38. The van der Waals surface area contributed by atoms with Crippen molar-refractivity contribution in [3.05, 3.63) is 29.6 Å². The van der Waals surface area contributed by atoms with E-state index in [0.29, 0.717) is 0 Å². The SMILES string of the molecule is COC(=O)c1ccc(F)c(NC(=O)C(C)N)c1.Cl. The number of rotatable bonds is 3. The van der Waals surface area contributed by atoms with E-state index >= 15 is 0 Å². The molecule has 1 aromatic carbocycles. The Kier molecular flexibility index (Phi) is 6.29. The van der Waals surface area contributed by atoms with Crippen LogP contribution in [0.1, 0.15) is 17.3 Å². The summed E-state index contributed by atoms with van der Waals surface area (Å²) >= 11 is 0. The summed E-state index contributed by atoms with van der Waals surface area (Å²) in [5, 5.41) is 2.28. The van der Waals surface area contributed by atoms with E-state index in [1.54, 1.807) is 0 Å². The van der Waals surface area contributed by atoms with Gasteiger partial charge in [0.2, 0.25) is 5.91 Å². The van der Waals surface area contributed by atoms with Gasteiger partial charge in [0.1, 0.15) is 5.82 Å². The molecule has 0 aliphatic heterocycles. The van der Waals surface area contributed by atoms with Crippen molar-refractivity contribution in [2.45, 2.75) is 13.0 Å². The molecule has 100 valence electrons. The lowest BCUT2D eigenvalue weighted by Crippen LogP contribution is -2.32. The molecule has 5 nitrogen and oxygen atoms in total. The Hall–Kier alpha value is -1.66. The van der Waals surface area contributed by atoms with Crippen LogP contribution in [0.4, 0.5) is 10.1 Å². The minimum Gasteiger partial charge on any atom is -0.465 e. The van der Waals surface area contributed by atoms with Crippen LogP contribution in [0.2, 0.25) is 0 Å². The third-order valence-corrected chi connectivity index (χ3v) is 2.06. The zero-order valence-corrected chi connectivity index (χ0v) is 10.7. The van der Waals surface area contributed by atoms with Gasteiger partial charge in [-0.3, -0.25) is 4.79 Å². The van der Waals surface area contributed by atoms with E-state index in [0.717, 1.165) is 6.07 Å². The van der Waals surface area contributed by atoms with Gasteiger partial charge in [-0.2, -0.15) is 0 Å². The number of halogens is 2. The molecule has 7 heteroatoms. The topological polar surface area (TPSA) is 81.4 Å². The summed E-state index contributed by atoms with van der Waals surface area (Å²) < 4.78 is 17.8. The maximum atomic E-state index is 13.4. The van der Waals surface area contributed by atoms with Crippen LogP contribution < -0.4 is 11.1 Å². The van der Waals surface area contributed by atoms with Crippen LogP contribution in [0.25, 0.3) is 0 Å². The molecule has 3 N–H and O–H groups in total. The van der Waals surface area contributed by atoms with Crippen LogP contribution in [-0.2, 0) is 9.53 Å². The highest BCUT2D eigenvalue weighted by Gasteiger charge is 2.13. The van der Waals surface area contributed by atoms with Crippen molar-refractivity contribution >= 4 is 30.0 Å². The number of nitrogens with one attached hydrogen (secondary N) is 1. The largest absolute Gasteiger partial charge is 0.465 e. The lowest BCUT2D eigenvalue weighted by atomic mass is 10.2. The van der Waals surface area contributed by atoms with Crippen molar-refractivity contribution in [2.75, 3.05) is 12.4 Å². The van der Waals surface area contributed by atoms with E-state index in [1.165, 1.54) is 26.2 Å². The highest BCUT2D eigenvalue weighted by molar-refractivity contribution is 5.96. The molecule has 0 radical (unpaired) electrons. The maximum Gasteiger partial charge on any atom is 0.337 e. The van der Waals surface area contributed by atoms with Gasteiger partial charge in [0, 0.05) is 0 Å². The van der Waals surface area contributed by atoms with Crippen LogP contribution in [0.5, 0.6) is 0 Å². The molecule has 0 fully saturated rings. The number of amides is 1. The quantitative estimate of drug-likeness (QED) is 0.816. The molecular formula is C11H14ClFN2O3. The molecular weight excluding hydrogens is 263 g/mol. The van der Waals surface area contributed by atoms with Gasteiger partial charge in [-0.05, 0) is 25.1 Å². The normalized spacial score (nSPS) is 11.1. The highest BCUT2D eigenvalue weighted by Crippen LogP contribution is 2.17. The Morgan fingerprint density at radius 3 is 2.56 bits per heavy atom. The van der Waals surface area contributed by atoms with E-state index < -0.39 is 23.7 Å². The molecule has 1 unspecified atom stereocenters. The number of anilines is 1. The third-order valence-electron chi connectivity index (χ3n) is 2.06. The molecule has 0 heterocycles. The van der Waals surface area contributed by atoms with Gasteiger partial charge in [-0.15, -0.1) is 12.4 Å². The predicted molar refractivity (Wildman–Crippen MR) is 67.3 cm³/mol. The molecule has 0 saturated carbocycles. The van der Waals surface area contributed by atoms with Gasteiger partial charge < -0.3 is 15.8 Å². The Labute approximate surface area is 110 Å². The summed E-state index contributed by atoms with van der Waals surface area (Å²) in [5.74, 6) is -1.79. The molecule has 0 aromatic heterocycles. The average Bonchev–Trinajstić information content (AvgIpc) is 2.30. The van der Waals surface area contributed by atoms with Crippen LogP contribution in [-0.4, -0.2) is 25.0 Å². The molecule has 1 rings (SSSR count). The molecule has 0 aliphatic rings. The van der Waals surface area contributed by atoms with E-state index in [1.807, 2.05) is 0 Å². The number of hydrogen-bond acceptors (Lipinski definition) is 4. The van der Waals surface area contributed by atoms with E-state index in [9.17, 15) is 14.0 Å². The lowest BCUT2D eigenvalue weighted by molar-refractivity contribution is -0.117. The van der Waals surface area contributed by atoms with Crippen LogP contribution in [0.3, 0.4) is 0 Å². The Balaban J connectivity index is 0.00000289. The molecule has 1 atom stereocenters. The standard InChI is InChI=1S/C11H13FN2O3.ClH/c1-6(13)10(15)14-9-5-7(11(16)17-2)3-4-8(9)12;/h3-6H,13H2,1-2H3,(H,14,15);1H. The minimum absolute atomic E-state index is 0. The fraction of sp³-hybridized carbons (Fsp3) is 0.273. The van der Waals surface area contributed by atoms with Crippen molar-refractivity contribution in [2.24, 2.45) is 5.73 Å². The summed E-state index contributed by atoms with van der Waals surface area (Å²) in [6.45, 7) is 1.47. The molecule has 0 spiro atoms. The van der Waals surface area contributed by atoms with Crippen molar-refractivity contribution in [1.29, 1.82) is 0 Å². The van der Waals surface area contributed by atoms with Gasteiger partial charge in [0.05, 0.1) is 24.4 Å². The van der Waals surface area contributed by atoms with Crippen molar-refractivity contribution < 1.29 is 18.7 Å². The molecule has 0 bridgehead atoms. The Bertz CT molecular complexity index is 452. The van der Waals surface area contributed by atoms with Gasteiger partial charge in [0.25, 0.3) is 0 Å². The molecule has 1 amide bonds. The smallest absolute Gasteiger partial charge is 0.337 e. The first kappa shape index (κ1) is 16.3. The summed E-state index contributed by atoms with van der Waals surface area (Å²) in [7, 11) is 1.21. The molecule has 0 saturated heterocycles. The second-order valence-electron chi connectivity index (χ2n) is 3.46. The zero-order chi connectivity index (χ0) is 13.0. The van der Waals surface area contributed by atoms with Crippen LogP contribution in [0, 0.1) is 5.82 Å². The first-order valence-corrected chi connectivity index (χ1v) is 4.90. The molecule has 1 aromatic rings. The van der Waals surface area contributed by atoms with Gasteiger partial charge in [-0.1, -0.05) is 0 Å².